The van der Waals surface area contributed by atoms with Crippen LogP contribution in [-0.2, 0) is 9.84 Å². The Balaban J connectivity index is 2.58. The molecule has 0 atom stereocenters. The van der Waals surface area contributed by atoms with E-state index < -0.39 is 9.84 Å². The van der Waals surface area contributed by atoms with Crippen LogP contribution in [0.25, 0.3) is 0 Å². The van der Waals surface area contributed by atoms with E-state index in [2.05, 4.69) is 46.6 Å². The summed E-state index contributed by atoms with van der Waals surface area (Å²) in [6.07, 6.45) is 8.31. The summed E-state index contributed by atoms with van der Waals surface area (Å²) in [5.41, 5.74) is -0.110. The summed E-state index contributed by atoms with van der Waals surface area (Å²) in [5, 5.41) is -0.177. The van der Waals surface area contributed by atoms with Gasteiger partial charge in [-0.15, -0.1) is 0 Å². The lowest BCUT2D eigenvalue weighted by Crippen LogP contribution is -2.61. The maximum atomic E-state index is 12.7. The first-order valence-electron chi connectivity index (χ1n) is 8.98. The van der Waals surface area contributed by atoms with E-state index >= 15 is 0 Å². The molecule has 0 aliphatic carbocycles. The largest absolute Gasteiger partial charge is 0.296 e. The molecular weight excluding hydrogens is 294 g/mol. The summed E-state index contributed by atoms with van der Waals surface area (Å²) in [7, 11) is -0.847. The second-order valence-corrected chi connectivity index (χ2v) is 10.7. The van der Waals surface area contributed by atoms with Gasteiger partial charge in [0.25, 0.3) is 0 Å². The van der Waals surface area contributed by atoms with E-state index in [4.69, 9.17) is 0 Å². The average Bonchev–Trinajstić information content (AvgIpc) is 2.39. The fourth-order valence-corrected chi connectivity index (χ4v) is 6.05. The van der Waals surface area contributed by atoms with Crippen molar-refractivity contribution in [3.63, 3.8) is 0 Å². The first-order valence-corrected chi connectivity index (χ1v) is 10.7. The van der Waals surface area contributed by atoms with Crippen molar-refractivity contribution in [3.8, 4) is 0 Å². The van der Waals surface area contributed by atoms with Gasteiger partial charge >= 0.3 is 0 Å². The highest BCUT2D eigenvalue weighted by Gasteiger charge is 2.46. The van der Waals surface area contributed by atoms with E-state index in [0.29, 0.717) is 5.75 Å². The van der Waals surface area contributed by atoms with Crippen molar-refractivity contribution >= 4 is 9.84 Å². The molecule has 22 heavy (non-hydrogen) atoms. The van der Waals surface area contributed by atoms with E-state index in [1.807, 2.05) is 0 Å². The predicted molar refractivity (Wildman–Crippen MR) is 96.1 cm³/mol. The zero-order valence-corrected chi connectivity index (χ0v) is 16.4. The van der Waals surface area contributed by atoms with Gasteiger partial charge in [-0.3, -0.25) is 4.90 Å². The maximum absolute atomic E-state index is 12.7. The predicted octanol–water partition coefficient (Wildman–Crippen LogP) is 4.41. The van der Waals surface area contributed by atoms with Gasteiger partial charge < -0.3 is 0 Å². The molecular formula is C18H37NO2S. The van der Waals surface area contributed by atoms with Crippen molar-refractivity contribution < 1.29 is 8.42 Å². The maximum Gasteiger partial charge on any atom is 0.153 e. The molecule has 0 unspecified atom stereocenters. The molecule has 4 heteroatoms. The zero-order valence-electron chi connectivity index (χ0n) is 15.6. The van der Waals surface area contributed by atoms with Crippen molar-refractivity contribution in [1.29, 1.82) is 0 Å². The average molecular weight is 332 g/mol. The standard InChI is InChI=1S/C18H37NO2S/c1-7-8-9-10-11-12-13-22(20,21)16-14-17(2,3)19(6)18(4,5)15-16/h16H,7-15H2,1-6H3. The van der Waals surface area contributed by atoms with E-state index in [0.717, 1.165) is 25.7 Å². The van der Waals surface area contributed by atoms with Crippen molar-refractivity contribution in [2.75, 3.05) is 12.8 Å². The van der Waals surface area contributed by atoms with Gasteiger partial charge in [-0.1, -0.05) is 39.0 Å². The fraction of sp³-hybridized carbons (Fsp3) is 1.00. The molecule has 1 aliphatic rings. The first kappa shape index (κ1) is 20.0. The summed E-state index contributed by atoms with van der Waals surface area (Å²) < 4.78 is 25.5. The summed E-state index contributed by atoms with van der Waals surface area (Å²) >= 11 is 0. The van der Waals surface area contributed by atoms with Crippen molar-refractivity contribution in [3.05, 3.63) is 0 Å². The minimum absolute atomic E-state index is 0.0549. The van der Waals surface area contributed by atoms with Crippen LogP contribution in [0.5, 0.6) is 0 Å². The highest BCUT2D eigenvalue weighted by Crippen LogP contribution is 2.39. The summed E-state index contributed by atoms with van der Waals surface area (Å²) in [6.45, 7) is 10.9. The summed E-state index contributed by atoms with van der Waals surface area (Å²) in [5.74, 6) is 0.375. The topological polar surface area (TPSA) is 37.4 Å². The van der Waals surface area contributed by atoms with Gasteiger partial charge in [0.1, 0.15) is 0 Å². The second kappa shape index (κ2) is 7.65. The van der Waals surface area contributed by atoms with E-state index in [1.165, 1.54) is 25.7 Å². The number of sulfone groups is 1. The Morgan fingerprint density at radius 2 is 1.36 bits per heavy atom. The molecule has 0 aromatic rings. The summed E-state index contributed by atoms with van der Waals surface area (Å²) in [4.78, 5) is 2.34. The molecule has 132 valence electrons. The van der Waals surface area contributed by atoms with Gasteiger partial charge in [-0.25, -0.2) is 8.42 Å². The lowest BCUT2D eigenvalue weighted by atomic mass is 9.80. The lowest BCUT2D eigenvalue weighted by molar-refractivity contribution is -0.0000939. The molecule has 1 saturated heterocycles. The zero-order chi connectivity index (χ0) is 17.0. The third-order valence-corrected chi connectivity index (χ3v) is 7.77. The number of likely N-dealkylation sites (tertiary alicyclic amines) is 1. The molecule has 0 bridgehead atoms. The van der Waals surface area contributed by atoms with Gasteiger partial charge in [0, 0.05) is 11.1 Å². The molecule has 0 amide bonds. The third-order valence-electron chi connectivity index (χ3n) is 5.56. The normalized spacial score (nSPS) is 22.8. The number of hydrogen-bond donors (Lipinski definition) is 0. The quantitative estimate of drug-likeness (QED) is 0.618. The first-order chi connectivity index (χ1) is 10.0. The number of nitrogens with zero attached hydrogens (tertiary/aromatic N) is 1. The van der Waals surface area contributed by atoms with Crippen LogP contribution in [0.15, 0.2) is 0 Å². The highest BCUT2D eigenvalue weighted by atomic mass is 32.2. The molecule has 0 N–H and O–H groups in total. The number of piperidine rings is 1. The monoisotopic (exact) mass is 331 g/mol. The molecule has 0 aromatic heterocycles. The van der Waals surface area contributed by atoms with Gasteiger partial charge in [-0.2, -0.15) is 0 Å². The fourth-order valence-electron chi connectivity index (χ4n) is 3.78. The van der Waals surface area contributed by atoms with Crippen LogP contribution in [0.1, 0.15) is 86.0 Å². The minimum Gasteiger partial charge on any atom is -0.296 e. The Hall–Kier alpha value is -0.0900. The molecule has 0 radical (unpaired) electrons. The van der Waals surface area contributed by atoms with Crippen molar-refractivity contribution in [1.82, 2.24) is 4.90 Å². The van der Waals surface area contributed by atoms with Crippen LogP contribution in [-0.4, -0.2) is 42.4 Å². The van der Waals surface area contributed by atoms with E-state index in [-0.39, 0.29) is 16.3 Å². The van der Waals surface area contributed by atoms with Crippen LogP contribution >= 0.6 is 0 Å². The van der Waals surface area contributed by atoms with Crippen LogP contribution < -0.4 is 0 Å². The van der Waals surface area contributed by atoms with E-state index in [1.54, 1.807) is 0 Å². The van der Waals surface area contributed by atoms with Crippen molar-refractivity contribution in [2.24, 2.45) is 0 Å². The number of rotatable bonds is 8. The Kier molecular flexibility index (Phi) is 6.94. The minimum atomic E-state index is -2.97. The van der Waals surface area contributed by atoms with Gasteiger partial charge in [0.05, 0.1) is 11.0 Å². The van der Waals surface area contributed by atoms with Crippen molar-refractivity contribution in [2.45, 2.75) is 102 Å². The smallest absolute Gasteiger partial charge is 0.153 e. The van der Waals surface area contributed by atoms with Gasteiger partial charge in [0.15, 0.2) is 9.84 Å². The number of hydrogen-bond acceptors (Lipinski definition) is 3. The Morgan fingerprint density at radius 1 is 0.909 bits per heavy atom. The molecule has 0 spiro atoms. The molecule has 3 nitrogen and oxygen atoms in total. The molecule has 1 aliphatic heterocycles. The van der Waals surface area contributed by atoms with Crippen LogP contribution in [0.3, 0.4) is 0 Å². The Morgan fingerprint density at radius 3 is 1.86 bits per heavy atom. The molecule has 1 heterocycles. The molecule has 0 saturated carbocycles. The SMILES string of the molecule is CCCCCCCCS(=O)(=O)C1CC(C)(C)N(C)C(C)(C)C1. The van der Waals surface area contributed by atoms with Crippen LogP contribution in [0, 0.1) is 0 Å². The lowest BCUT2D eigenvalue weighted by Gasteiger charge is -2.53. The molecule has 1 fully saturated rings. The Labute approximate surface area is 138 Å². The third kappa shape index (κ3) is 5.23. The summed E-state index contributed by atoms with van der Waals surface area (Å²) in [6, 6.07) is 0. The highest BCUT2D eigenvalue weighted by molar-refractivity contribution is 7.92. The van der Waals surface area contributed by atoms with Crippen LogP contribution in [0.2, 0.25) is 0 Å². The number of unbranched alkanes of at least 4 members (excludes halogenated alkanes) is 5. The second-order valence-electron chi connectivity index (χ2n) is 8.35. The molecule has 0 aromatic carbocycles. The Bertz CT molecular complexity index is 422. The van der Waals surface area contributed by atoms with Gasteiger partial charge in [0.2, 0.25) is 0 Å². The van der Waals surface area contributed by atoms with Crippen LogP contribution in [0.4, 0.5) is 0 Å². The molecule has 1 rings (SSSR count). The van der Waals surface area contributed by atoms with E-state index in [9.17, 15) is 8.42 Å². The van der Waals surface area contributed by atoms with Gasteiger partial charge in [-0.05, 0) is 54.0 Å².